The van der Waals surface area contributed by atoms with E-state index in [0.717, 1.165) is 0 Å². The number of benzene rings is 1. The summed E-state index contributed by atoms with van der Waals surface area (Å²) in [4.78, 5) is 1.03. The van der Waals surface area contributed by atoms with Crippen LogP contribution < -0.4 is 0 Å². The van der Waals surface area contributed by atoms with E-state index in [1.54, 1.807) is 0 Å². The minimum Gasteiger partial charge on any atom is -0.0823 e. The molecular weight excluding hydrogens is 256 g/mol. The van der Waals surface area contributed by atoms with Crippen LogP contribution in [0.5, 0.6) is 0 Å². The average Bonchev–Trinajstić information content (AvgIpc) is 2.03. The van der Waals surface area contributed by atoms with E-state index in [4.69, 9.17) is 0 Å². The highest BCUT2D eigenvalue weighted by Crippen LogP contribution is 2.53. The number of rotatable bonds is 0. The van der Waals surface area contributed by atoms with Crippen molar-refractivity contribution in [3.8, 4) is 0 Å². The lowest BCUT2D eigenvalue weighted by molar-refractivity contribution is 0.820. The summed E-state index contributed by atoms with van der Waals surface area (Å²) in [6.07, 6.45) is 0. The third-order valence-corrected chi connectivity index (χ3v) is 4.60. The molecule has 0 nitrogen and oxygen atoms in total. The van der Waals surface area contributed by atoms with Crippen LogP contribution in [0.1, 0.15) is 20.8 Å². The van der Waals surface area contributed by atoms with Gasteiger partial charge >= 0.3 is 0 Å². The predicted octanol–water partition coefficient (Wildman–Crippen LogP) is 3.57. The quantitative estimate of drug-likeness (QED) is 0.627. The molecule has 0 heterocycles. The minimum atomic E-state index is 0.517. The van der Waals surface area contributed by atoms with Crippen molar-refractivity contribution >= 4 is 31.9 Å². The van der Waals surface area contributed by atoms with Crippen LogP contribution in [0.15, 0.2) is 24.3 Å². The third-order valence-electron chi connectivity index (χ3n) is 1.85. The largest absolute Gasteiger partial charge is 0.0823 e. The SMILES string of the molecule is Br[C@@H]1c2ccccc2[C@H]1Br. The standard InChI is InChI=1S/C8H6Br2/c9-7-5-3-1-2-4-6(5)8(7)10/h1-4,7-8H/t7-,8-/m1/s1. The molecule has 0 aliphatic heterocycles. The lowest BCUT2D eigenvalue weighted by Gasteiger charge is -2.31. The third kappa shape index (κ3) is 0.785. The summed E-state index contributed by atoms with van der Waals surface area (Å²) >= 11 is 7.15. The Morgan fingerprint density at radius 2 is 1.30 bits per heavy atom. The Bertz CT molecular complexity index is 230. The summed E-state index contributed by atoms with van der Waals surface area (Å²) in [6.45, 7) is 0. The van der Waals surface area contributed by atoms with Gasteiger partial charge in [0.1, 0.15) is 0 Å². The Morgan fingerprint density at radius 1 is 0.900 bits per heavy atom. The molecule has 1 aliphatic rings. The molecule has 0 radical (unpaired) electrons. The van der Waals surface area contributed by atoms with Gasteiger partial charge in [0.2, 0.25) is 0 Å². The van der Waals surface area contributed by atoms with E-state index in [2.05, 4.69) is 56.1 Å². The van der Waals surface area contributed by atoms with E-state index in [1.807, 2.05) is 0 Å². The zero-order valence-electron chi connectivity index (χ0n) is 5.22. The van der Waals surface area contributed by atoms with Crippen molar-refractivity contribution < 1.29 is 0 Å². The van der Waals surface area contributed by atoms with Gasteiger partial charge < -0.3 is 0 Å². The maximum Gasteiger partial charge on any atom is 0.0564 e. The second-order valence-corrected chi connectivity index (χ2v) is 4.41. The summed E-state index contributed by atoms with van der Waals surface area (Å²) in [5, 5.41) is 0. The van der Waals surface area contributed by atoms with Gasteiger partial charge in [0.05, 0.1) is 9.65 Å². The maximum absolute atomic E-state index is 3.58. The van der Waals surface area contributed by atoms with Crippen LogP contribution in [0.4, 0.5) is 0 Å². The number of alkyl halides is 2. The number of fused-ring (bicyclic) bond motifs is 1. The topological polar surface area (TPSA) is 0 Å². The number of hydrogen-bond acceptors (Lipinski definition) is 0. The summed E-state index contributed by atoms with van der Waals surface area (Å²) in [5.41, 5.74) is 2.84. The van der Waals surface area contributed by atoms with Crippen LogP contribution in [0.3, 0.4) is 0 Å². The molecule has 0 amide bonds. The minimum absolute atomic E-state index is 0.517. The van der Waals surface area contributed by atoms with Crippen molar-refractivity contribution in [2.75, 3.05) is 0 Å². The van der Waals surface area contributed by atoms with Crippen molar-refractivity contribution in [2.24, 2.45) is 0 Å². The molecule has 0 aromatic heterocycles. The lowest BCUT2D eigenvalue weighted by Crippen LogP contribution is -2.13. The van der Waals surface area contributed by atoms with Gasteiger partial charge in [-0.05, 0) is 11.1 Å². The molecule has 0 fully saturated rings. The van der Waals surface area contributed by atoms with Gasteiger partial charge in [0, 0.05) is 0 Å². The highest BCUT2D eigenvalue weighted by Gasteiger charge is 2.32. The predicted molar refractivity (Wildman–Crippen MR) is 49.8 cm³/mol. The molecule has 1 aromatic carbocycles. The van der Waals surface area contributed by atoms with Crippen LogP contribution in [-0.4, -0.2) is 0 Å². The summed E-state index contributed by atoms with van der Waals surface area (Å²) < 4.78 is 0. The molecule has 0 bridgehead atoms. The van der Waals surface area contributed by atoms with Gasteiger partial charge in [0.25, 0.3) is 0 Å². The van der Waals surface area contributed by atoms with Crippen LogP contribution >= 0.6 is 31.9 Å². The van der Waals surface area contributed by atoms with Gasteiger partial charge in [0.15, 0.2) is 0 Å². The van der Waals surface area contributed by atoms with Crippen LogP contribution in [0, 0.1) is 0 Å². The van der Waals surface area contributed by atoms with Crippen molar-refractivity contribution in [1.29, 1.82) is 0 Å². The van der Waals surface area contributed by atoms with Gasteiger partial charge in [-0.1, -0.05) is 56.1 Å². The fourth-order valence-corrected chi connectivity index (χ4v) is 2.64. The zero-order chi connectivity index (χ0) is 7.14. The average molecular weight is 262 g/mol. The van der Waals surface area contributed by atoms with E-state index >= 15 is 0 Å². The first-order chi connectivity index (χ1) is 4.80. The Labute approximate surface area is 76.9 Å². The lowest BCUT2D eigenvalue weighted by atomic mass is 9.89. The Morgan fingerprint density at radius 3 is 1.70 bits per heavy atom. The molecule has 0 unspecified atom stereocenters. The summed E-state index contributed by atoms with van der Waals surface area (Å²) in [6, 6.07) is 8.47. The Kier molecular flexibility index (Phi) is 1.61. The molecule has 0 saturated carbocycles. The molecule has 1 aromatic rings. The first-order valence-corrected chi connectivity index (χ1v) is 5.01. The Balaban J connectivity index is 2.50. The van der Waals surface area contributed by atoms with E-state index in [9.17, 15) is 0 Å². The van der Waals surface area contributed by atoms with Crippen molar-refractivity contribution in [3.63, 3.8) is 0 Å². The second-order valence-electron chi connectivity index (χ2n) is 2.43. The molecule has 2 atom stereocenters. The van der Waals surface area contributed by atoms with E-state index in [-0.39, 0.29) is 0 Å². The molecule has 0 spiro atoms. The first kappa shape index (κ1) is 6.86. The molecule has 2 rings (SSSR count). The van der Waals surface area contributed by atoms with Crippen molar-refractivity contribution in [2.45, 2.75) is 9.65 Å². The van der Waals surface area contributed by atoms with Gasteiger partial charge in [-0.15, -0.1) is 0 Å². The summed E-state index contributed by atoms with van der Waals surface area (Å²) in [5.74, 6) is 0. The maximum atomic E-state index is 3.58. The molecule has 0 saturated heterocycles. The second kappa shape index (κ2) is 2.35. The molecule has 52 valence electrons. The zero-order valence-corrected chi connectivity index (χ0v) is 8.39. The Hall–Kier alpha value is 0.180. The van der Waals surface area contributed by atoms with Gasteiger partial charge in [-0.25, -0.2) is 0 Å². The fourth-order valence-electron chi connectivity index (χ4n) is 1.23. The van der Waals surface area contributed by atoms with Crippen LogP contribution in [0.25, 0.3) is 0 Å². The normalized spacial score (nSPS) is 29.0. The van der Waals surface area contributed by atoms with Gasteiger partial charge in [-0.2, -0.15) is 0 Å². The first-order valence-electron chi connectivity index (χ1n) is 3.17. The van der Waals surface area contributed by atoms with Crippen LogP contribution in [0.2, 0.25) is 0 Å². The van der Waals surface area contributed by atoms with Gasteiger partial charge in [-0.3, -0.25) is 0 Å². The molecule has 0 N–H and O–H groups in total. The van der Waals surface area contributed by atoms with E-state index in [1.165, 1.54) is 11.1 Å². The number of halogens is 2. The monoisotopic (exact) mass is 260 g/mol. The molecule has 10 heavy (non-hydrogen) atoms. The molecule has 2 heteroatoms. The fraction of sp³-hybridized carbons (Fsp3) is 0.250. The van der Waals surface area contributed by atoms with Crippen molar-refractivity contribution in [3.05, 3.63) is 35.4 Å². The molecule has 1 aliphatic carbocycles. The highest BCUT2D eigenvalue weighted by atomic mass is 79.9. The smallest absolute Gasteiger partial charge is 0.0564 e. The van der Waals surface area contributed by atoms with E-state index < -0.39 is 0 Å². The molecular formula is C8H6Br2. The van der Waals surface area contributed by atoms with E-state index in [0.29, 0.717) is 9.65 Å². The summed E-state index contributed by atoms with van der Waals surface area (Å²) in [7, 11) is 0. The van der Waals surface area contributed by atoms with Crippen LogP contribution in [-0.2, 0) is 0 Å². The van der Waals surface area contributed by atoms with Crippen molar-refractivity contribution in [1.82, 2.24) is 0 Å². The highest BCUT2D eigenvalue weighted by molar-refractivity contribution is 9.12. The number of hydrogen-bond donors (Lipinski definition) is 0.